The van der Waals surface area contributed by atoms with Crippen molar-refractivity contribution in [3.8, 4) is 5.75 Å². The normalized spacial score (nSPS) is 10.8. The maximum Gasteiger partial charge on any atom is 0.141 e. The maximum absolute atomic E-state index is 6.15. The Kier molecular flexibility index (Phi) is 4.43. The third kappa shape index (κ3) is 3.40. The Morgan fingerprint density at radius 2 is 2.07 bits per heavy atom. The van der Waals surface area contributed by atoms with Gasteiger partial charge in [0.1, 0.15) is 5.75 Å². The molecule has 0 saturated heterocycles. The van der Waals surface area contributed by atoms with Crippen molar-refractivity contribution >= 4 is 11.6 Å². The molecule has 1 rings (SSSR count). The lowest BCUT2D eigenvalue weighted by Crippen LogP contribution is -2.10. The molecule has 3 heteroatoms. The highest BCUT2D eigenvalue weighted by atomic mass is 35.5. The summed E-state index contributed by atoms with van der Waals surface area (Å²) in [4.78, 5) is 0. The van der Waals surface area contributed by atoms with Crippen LogP contribution in [0.3, 0.4) is 0 Å². The van der Waals surface area contributed by atoms with E-state index in [1.807, 2.05) is 26.8 Å². The quantitative estimate of drug-likeness (QED) is 0.859. The number of benzene rings is 1. The molecule has 0 fully saturated rings. The second kappa shape index (κ2) is 5.38. The number of aryl methyl sites for hydroxylation is 1. The van der Waals surface area contributed by atoms with Crippen LogP contribution in [-0.2, 0) is 6.42 Å². The molecule has 0 aliphatic rings. The van der Waals surface area contributed by atoms with Gasteiger partial charge in [0.2, 0.25) is 0 Å². The summed E-state index contributed by atoms with van der Waals surface area (Å²) in [7, 11) is 0. The van der Waals surface area contributed by atoms with E-state index in [0.717, 1.165) is 23.3 Å². The van der Waals surface area contributed by atoms with Crippen LogP contribution >= 0.6 is 11.6 Å². The zero-order chi connectivity index (χ0) is 11.4. The first-order valence-electron chi connectivity index (χ1n) is 5.20. The molecule has 1 aromatic rings. The van der Waals surface area contributed by atoms with E-state index in [2.05, 4.69) is 6.07 Å². The minimum absolute atomic E-state index is 0.127. The van der Waals surface area contributed by atoms with Crippen molar-refractivity contribution in [2.45, 2.75) is 33.3 Å². The van der Waals surface area contributed by atoms with Gasteiger partial charge < -0.3 is 10.5 Å². The Labute approximate surface area is 96.4 Å². The van der Waals surface area contributed by atoms with E-state index in [9.17, 15) is 0 Å². The fourth-order valence-corrected chi connectivity index (χ4v) is 1.85. The molecular weight excluding hydrogens is 210 g/mol. The molecule has 0 aromatic heterocycles. The SMILES string of the molecule is Cc1cc(Cl)c(OC(C)C)c(CCN)c1. The van der Waals surface area contributed by atoms with E-state index in [1.165, 1.54) is 0 Å². The lowest BCUT2D eigenvalue weighted by Gasteiger charge is -2.16. The fraction of sp³-hybridized carbons (Fsp3) is 0.500. The summed E-state index contributed by atoms with van der Waals surface area (Å²) in [5.74, 6) is 0.780. The van der Waals surface area contributed by atoms with Gasteiger partial charge in [-0.3, -0.25) is 0 Å². The van der Waals surface area contributed by atoms with Crippen molar-refractivity contribution in [2.24, 2.45) is 5.73 Å². The average Bonchev–Trinajstić information content (AvgIpc) is 2.11. The molecule has 0 atom stereocenters. The number of rotatable bonds is 4. The van der Waals surface area contributed by atoms with Crippen LogP contribution in [0.1, 0.15) is 25.0 Å². The van der Waals surface area contributed by atoms with Crippen LogP contribution in [0.15, 0.2) is 12.1 Å². The van der Waals surface area contributed by atoms with E-state index >= 15 is 0 Å². The van der Waals surface area contributed by atoms with E-state index in [0.29, 0.717) is 11.6 Å². The molecular formula is C12H18ClNO. The summed E-state index contributed by atoms with van der Waals surface area (Å²) in [5.41, 5.74) is 7.79. The van der Waals surface area contributed by atoms with Crippen LogP contribution < -0.4 is 10.5 Å². The van der Waals surface area contributed by atoms with Crippen molar-refractivity contribution in [3.63, 3.8) is 0 Å². The van der Waals surface area contributed by atoms with Crippen LogP contribution in [0.25, 0.3) is 0 Å². The highest BCUT2D eigenvalue weighted by molar-refractivity contribution is 6.32. The molecule has 0 aliphatic carbocycles. The monoisotopic (exact) mass is 227 g/mol. The van der Waals surface area contributed by atoms with Crippen molar-refractivity contribution in [1.29, 1.82) is 0 Å². The lowest BCUT2D eigenvalue weighted by atomic mass is 10.1. The molecule has 15 heavy (non-hydrogen) atoms. The van der Waals surface area contributed by atoms with Gasteiger partial charge in [-0.1, -0.05) is 17.7 Å². The molecule has 0 unspecified atom stereocenters. The van der Waals surface area contributed by atoms with Crippen molar-refractivity contribution in [1.82, 2.24) is 0 Å². The van der Waals surface area contributed by atoms with Crippen LogP contribution in [0.2, 0.25) is 5.02 Å². The zero-order valence-corrected chi connectivity index (χ0v) is 10.3. The molecule has 0 saturated carbocycles. The van der Waals surface area contributed by atoms with Gasteiger partial charge >= 0.3 is 0 Å². The molecule has 0 aliphatic heterocycles. The first kappa shape index (κ1) is 12.3. The first-order valence-corrected chi connectivity index (χ1v) is 5.58. The predicted octanol–water partition coefficient (Wildman–Crippen LogP) is 2.94. The van der Waals surface area contributed by atoms with Gasteiger partial charge in [-0.2, -0.15) is 0 Å². The lowest BCUT2D eigenvalue weighted by molar-refractivity contribution is 0.240. The van der Waals surface area contributed by atoms with Crippen molar-refractivity contribution in [3.05, 3.63) is 28.3 Å². The summed E-state index contributed by atoms with van der Waals surface area (Å²) in [5, 5.41) is 0.673. The van der Waals surface area contributed by atoms with Gasteiger partial charge in [-0.15, -0.1) is 0 Å². The topological polar surface area (TPSA) is 35.2 Å². The molecule has 1 aromatic carbocycles. The van der Waals surface area contributed by atoms with Crippen LogP contribution in [0.4, 0.5) is 0 Å². The van der Waals surface area contributed by atoms with Crippen LogP contribution in [0, 0.1) is 6.92 Å². The Balaban J connectivity index is 3.08. The number of hydrogen-bond acceptors (Lipinski definition) is 2. The summed E-state index contributed by atoms with van der Waals surface area (Å²) >= 11 is 6.15. The third-order valence-electron chi connectivity index (χ3n) is 2.03. The summed E-state index contributed by atoms with van der Waals surface area (Å²) in [6, 6.07) is 4.00. The Morgan fingerprint density at radius 1 is 1.40 bits per heavy atom. The second-order valence-corrected chi connectivity index (χ2v) is 4.35. The average molecular weight is 228 g/mol. The Morgan fingerprint density at radius 3 is 2.60 bits per heavy atom. The summed E-state index contributed by atoms with van der Waals surface area (Å²) < 4.78 is 5.70. The van der Waals surface area contributed by atoms with Gasteiger partial charge in [0.25, 0.3) is 0 Å². The molecule has 0 spiro atoms. The van der Waals surface area contributed by atoms with E-state index in [-0.39, 0.29) is 6.10 Å². The molecule has 84 valence electrons. The minimum Gasteiger partial charge on any atom is -0.489 e. The van der Waals surface area contributed by atoms with E-state index < -0.39 is 0 Å². The molecule has 0 heterocycles. The fourth-order valence-electron chi connectivity index (χ4n) is 1.51. The minimum atomic E-state index is 0.127. The molecule has 0 amide bonds. The number of halogens is 1. The van der Waals surface area contributed by atoms with Crippen molar-refractivity contribution < 1.29 is 4.74 Å². The molecule has 2 N–H and O–H groups in total. The van der Waals surface area contributed by atoms with Crippen LogP contribution in [0.5, 0.6) is 5.75 Å². The maximum atomic E-state index is 6.15. The van der Waals surface area contributed by atoms with Gasteiger partial charge in [0.05, 0.1) is 11.1 Å². The largest absolute Gasteiger partial charge is 0.489 e. The van der Waals surface area contributed by atoms with Gasteiger partial charge in [0.15, 0.2) is 0 Å². The smallest absolute Gasteiger partial charge is 0.141 e. The molecule has 2 nitrogen and oxygen atoms in total. The number of hydrogen-bond donors (Lipinski definition) is 1. The molecule has 0 bridgehead atoms. The van der Waals surface area contributed by atoms with Gasteiger partial charge in [-0.05, 0) is 50.9 Å². The van der Waals surface area contributed by atoms with Crippen LogP contribution in [-0.4, -0.2) is 12.6 Å². The Bertz CT molecular complexity index is 337. The highest BCUT2D eigenvalue weighted by Crippen LogP contribution is 2.31. The summed E-state index contributed by atoms with van der Waals surface area (Å²) in [6.45, 7) is 6.60. The van der Waals surface area contributed by atoms with Crippen molar-refractivity contribution in [2.75, 3.05) is 6.54 Å². The highest BCUT2D eigenvalue weighted by Gasteiger charge is 2.10. The second-order valence-electron chi connectivity index (χ2n) is 3.94. The predicted molar refractivity (Wildman–Crippen MR) is 64.7 cm³/mol. The summed E-state index contributed by atoms with van der Waals surface area (Å²) in [6.07, 6.45) is 0.922. The third-order valence-corrected chi connectivity index (χ3v) is 2.31. The van der Waals surface area contributed by atoms with Gasteiger partial charge in [0, 0.05) is 0 Å². The van der Waals surface area contributed by atoms with E-state index in [4.69, 9.17) is 22.1 Å². The first-order chi connectivity index (χ1) is 7.04. The number of ether oxygens (including phenoxy) is 1. The Hall–Kier alpha value is -0.730. The zero-order valence-electron chi connectivity index (χ0n) is 9.51. The van der Waals surface area contributed by atoms with Gasteiger partial charge in [-0.25, -0.2) is 0 Å². The van der Waals surface area contributed by atoms with E-state index in [1.54, 1.807) is 0 Å². The molecule has 0 radical (unpaired) electrons. The standard InChI is InChI=1S/C12H18ClNO/c1-8(2)15-12-10(4-5-14)6-9(3)7-11(12)13/h6-8H,4-5,14H2,1-3H3. The number of nitrogens with two attached hydrogens (primary N) is 1.